The van der Waals surface area contributed by atoms with Crippen molar-refractivity contribution in [2.75, 3.05) is 0 Å². The fourth-order valence-electron chi connectivity index (χ4n) is 3.44. The number of amides is 1. The number of hydrogen-bond acceptors (Lipinski definition) is 2. The highest BCUT2D eigenvalue weighted by molar-refractivity contribution is 5.96. The summed E-state index contributed by atoms with van der Waals surface area (Å²) in [7, 11) is 0. The second kappa shape index (κ2) is 4.97. The van der Waals surface area contributed by atoms with E-state index in [0.717, 1.165) is 24.0 Å². The van der Waals surface area contributed by atoms with Gasteiger partial charge in [-0.25, -0.2) is 0 Å². The molecule has 1 aromatic carbocycles. The maximum atomic E-state index is 12.4. The van der Waals surface area contributed by atoms with Gasteiger partial charge in [0.15, 0.2) is 0 Å². The van der Waals surface area contributed by atoms with Crippen LogP contribution in [0, 0.1) is 13.8 Å². The molecule has 2 saturated heterocycles. The minimum atomic E-state index is 0.0903. The van der Waals surface area contributed by atoms with Crippen molar-refractivity contribution in [3.05, 3.63) is 34.9 Å². The van der Waals surface area contributed by atoms with Crippen LogP contribution in [0.15, 0.2) is 18.2 Å². The van der Waals surface area contributed by atoms with E-state index < -0.39 is 0 Å². The molecule has 2 bridgehead atoms. The molecule has 0 saturated carbocycles. The number of carbonyl (C=O) groups is 1. The third kappa shape index (κ3) is 2.52. The van der Waals surface area contributed by atoms with Crippen LogP contribution in [-0.2, 0) is 0 Å². The quantitative estimate of drug-likeness (QED) is 0.854. The Kier molecular flexibility index (Phi) is 3.31. The van der Waals surface area contributed by atoms with Crippen LogP contribution in [0.1, 0.15) is 47.2 Å². The first-order valence-corrected chi connectivity index (χ1v) is 7.26. The summed E-state index contributed by atoms with van der Waals surface area (Å²) in [5.41, 5.74) is 3.10. The van der Waals surface area contributed by atoms with Gasteiger partial charge in [0.2, 0.25) is 0 Å². The summed E-state index contributed by atoms with van der Waals surface area (Å²) in [5, 5.41) is 6.83. The normalized spacial score (nSPS) is 29.3. The number of aryl methyl sites for hydroxylation is 1. The molecule has 0 aromatic heterocycles. The maximum absolute atomic E-state index is 12.4. The highest BCUT2D eigenvalue weighted by atomic mass is 16.1. The molecule has 1 aromatic rings. The van der Waals surface area contributed by atoms with Crippen LogP contribution in [0.4, 0.5) is 0 Å². The lowest BCUT2D eigenvalue weighted by atomic mass is 9.98. The molecule has 19 heavy (non-hydrogen) atoms. The first-order chi connectivity index (χ1) is 9.13. The van der Waals surface area contributed by atoms with Gasteiger partial charge >= 0.3 is 0 Å². The van der Waals surface area contributed by atoms with E-state index in [-0.39, 0.29) is 5.91 Å². The Morgan fingerprint density at radius 2 is 1.89 bits per heavy atom. The number of carbonyl (C=O) groups excluding carboxylic acids is 1. The van der Waals surface area contributed by atoms with Crippen LogP contribution < -0.4 is 10.6 Å². The highest BCUT2D eigenvalue weighted by Gasteiger charge is 2.34. The molecule has 3 heteroatoms. The molecule has 2 N–H and O–H groups in total. The zero-order valence-corrected chi connectivity index (χ0v) is 11.7. The molecular weight excluding hydrogens is 236 g/mol. The van der Waals surface area contributed by atoms with Gasteiger partial charge in [-0.3, -0.25) is 4.79 Å². The summed E-state index contributed by atoms with van der Waals surface area (Å²) in [4.78, 5) is 12.4. The Morgan fingerprint density at radius 3 is 2.58 bits per heavy atom. The fraction of sp³-hybridized carbons (Fsp3) is 0.562. The van der Waals surface area contributed by atoms with Crippen LogP contribution in [0.25, 0.3) is 0 Å². The largest absolute Gasteiger partial charge is 0.349 e. The lowest BCUT2D eigenvalue weighted by Gasteiger charge is -2.29. The Balaban J connectivity index is 1.70. The van der Waals surface area contributed by atoms with Gasteiger partial charge in [-0.15, -0.1) is 0 Å². The Bertz CT molecular complexity index is 486. The van der Waals surface area contributed by atoms with E-state index in [9.17, 15) is 4.79 Å². The molecule has 2 unspecified atom stereocenters. The molecule has 0 aliphatic carbocycles. The van der Waals surface area contributed by atoms with E-state index in [1.807, 2.05) is 19.1 Å². The van der Waals surface area contributed by atoms with Gasteiger partial charge in [0.25, 0.3) is 5.91 Å². The molecule has 3 rings (SSSR count). The van der Waals surface area contributed by atoms with E-state index >= 15 is 0 Å². The summed E-state index contributed by atoms with van der Waals surface area (Å²) in [6, 6.07) is 7.50. The second-order valence-corrected chi connectivity index (χ2v) is 6.03. The molecule has 2 aliphatic rings. The third-order valence-corrected chi connectivity index (χ3v) is 4.66. The predicted octanol–water partition coefficient (Wildman–Crippen LogP) is 2.32. The number of hydrogen-bond donors (Lipinski definition) is 2. The van der Waals surface area contributed by atoms with E-state index in [4.69, 9.17) is 0 Å². The minimum absolute atomic E-state index is 0.0903. The highest BCUT2D eigenvalue weighted by Crippen LogP contribution is 2.27. The molecule has 2 atom stereocenters. The first kappa shape index (κ1) is 12.7. The van der Waals surface area contributed by atoms with E-state index in [1.165, 1.54) is 18.4 Å². The van der Waals surface area contributed by atoms with E-state index in [2.05, 4.69) is 23.6 Å². The smallest absolute Gasteiger partial charge is 0.251 e. The topological polar surface area (TPSA) is 41.1 Å². The van der Waals surface area contributed by atoms with Crippen molar-refractivity contribution in [1.82, 2.24) is 10.6 Å². The average molecular weight is 258 g/mol. The van der Waals surface area contributed by atoms with Gasteiger partial charge in [-0.1, -0.05) is 12.1 Å². The van der Waals surface area contributed by atoms with Crippen LogP contribution in [0.5, 0.6) is 0 Å². The molecule has 2 aliphatic heterocycles. The van der Waals surface area contributed by atoms with Gasteiger partial charge in [0, 0.05) is 23.7 Å². The van der Waals surface area contributed by atoms with Crippen molar-refractivity contribution in [2.24, 2.45) is 0 Å². The Hall–Kier alpha value is -1.35. The summed E-state index contributed by atoms with van der Waals surface area (Å²) >= 11 is 0. The van der Waals surface area contributed by atoms with Crippen molar-refractivity contribution >= 4 is 5.91 Å². The minimum Gasteiger partial charge on any atom is -0.349 e. The SMILES string of the molecule is Cc1cccc(C(=O)NC2CC3CCC(C2)N3)c1C. The molecule has 0 spiro atoms. The van der Waals surface area contributed by atoms with Crippen LogP contribution in [0.3, 0.4) is 0 Å². The predicted molar refractivity (Wildman–Crippen MR) is 76.3 cm³/mol. The average Bonchev–Trinajstić information content (AvgIpc) is 2.72. The second-order valence-electron chi connectivity index (χ2n) is 6.03. The number of fused-ring (bicyclic) bond motifs is 2. The molecule has 0 radical (unpaired) electrons. The maximum Gasteiger partial charge on any atom is 0.251 e. The molecule has 102 valence electrons. The Morgan fingerprint density at radius 1 is 1.21 bits per heavy atom. The molecular formula is C16H22N2O. The fourth-order valence-corrected chi connectivity index (χ4v) is 3.44. The van der Waals surface area contributed by atoms with E-state index in [0.29, 0.717) is 18.1 Å². The monoisotopic (exact) mass is 258 g/mol. The molecule has 2 heterocycles. The van der Waals surface area contributed by atoms with Crippen molar-refractivity contribution < 1.29 is 4.79 Å². The van der Waals surface area contributed by atoms with Gasteiger partial charge in [0.05, 0.1) is 0 Å². The van der Waals surface area contributed by atoms with E-state index in [1.54, 1.807) is 0 Å². The number of nitrogens with one attached hydrogen (secondary N) is 2. The third-order valence-electron chi connectivity index (χ3n) is 4.66. The summed E-state index contributed by atoms with van der Waals surface area (Å²) in [6.07, 6.45) is 4.68. The summed E-state index contributed by atoms with van der Waals surface area (Å²) < 4.78 is 0. The zero-order chi connectivity index (χ0) is 13.4. The van der Waals surface area contributed by atoms with Gasteiger partial charge in [-0.2, -0.15) is 0 Å². The zero-order valence-electron chi connectivity index (χ0n) is 11.7. The molecule has 3 nitrogen and oxygen atoms in total. The number of piperidine rings is 1. The summed E-state index contributed by atoms with van der Waals surface area (Å²) in [6.45, 7) is 4.08. The standard InChI is InChI=1S/C16H22N2O/c1-10-4-3-5-15(11(10)2)16(19)18-14-8-12-6-7-13(9-14)17-12/h3-5,12-14,17H,6-9H2,1-2H3,(H,18,19). The Labute approximate surface area is 114 Å². The van der Waals surface area contributed by atoms with Crippen molar-refractivity contribution in [2.45, 2.75) is 57.7 Å². The molecule has 2 fully saturated rings. The van der Waals surface area contributed by atoms with Crippen molar-refractivity contribution in [1.29, 1.82) is 0 Å². The molecule has 1 amide bonds. The number of rotatable bonds is 2. The van der Waals surface area contributed by atoms with Gasteiger partial charge in [-0.05, 0) is 56.7 Å². The van der Waals surface area contributed by atoms with Crippen LogP contribution in [-0.4, -0.2) is 24.0 Å². The van der Waals surface area contributed by atoms with Crippen LogP contribution >= 0.6 is 0 Å². The summed E-state index contributed by atoms with van der Waals surface area (Å²) in [5.74, 6) is 0.0903. The van der Waals surface area contributed by atoms with Gasteiger partial charge in [0.1, 0.15) is 0 Å². The van der Waals surface area contributed by atoms with Crippen LogP contribution in [0.2, 0.25) is 0 Å². The lowest BCUT2D eigenvalue weighted by Crippen LogP contribution is -2.48. The lowest BCUT2D eigenvalue weighted by molar-refractivity contribution is 0.0923. The first-order valence-electron chi connectivity index (χ1n) is 7.26. The van der Waals surface area contributed by atoms with Crippen molar-refractivity contribution in [3.63, 3.8) is 0 Å². The number of benzene rings is 1. The van der Waals surface area contributed by atoms with Crippen molar-refractivity contribution in [3.8, 4) is 0 Å². The van der Waals surface area contributed by atoms with Gasteiger partial charge < -0.3 is 10.6 Å².